The summed E-state index contributed by atoms with van der Waals surface area (Å²) in [5, 5.41) is 4.82. The molecule has 6 heteroatoms. The summed E-state index contributed by atoms with van der Waals surface area (Å²) in [4.78, 5) is 1.29. The molecule has 0 aromatic carbocycles. The molecular weight excluding hydrogens is 256 g/mol. The summed E-state index contributed by atoms with van der Waals surface area (Å²) >= 11 is 1.47. The summed E-state index contributed by atoms with van der Waals surface area (Å²) in [6.07, 6.45) is 0.807. The van der Waals surface area contributed by atoms with Crippen molar-refractivity contribution in [1.29, 1.82) is 0 Å². The number of nitrogens with one attached hydrogen (secondary N) is 1. The van der Waals surface area contributed by atoms with Gasteiger partial charge in [0.25, 0.3) is 0 Å². The van der Waals surface area contributed by atoms with Crippen molar-refractivity contribution in [3.63, 3.8) is 0 Å². The summed E-state index contributed by atoms with van der Waals surface area (Å²) < 4.78 is 26.2. The molecule has 0 fully saturated rings. The molecule has 1 atom stereocenters. The van der Waals surface area contributed by atoms with E-state index in [1.807, 2.05) is 26.3 Å². The second-order valence-corrected chi connectivity index (χ2v) is 6.98. The van der Waals surface area contributed by atoms with Gasteiger partial charge in [0.05, 0.1) is 4.90 Å². The van der Waals surface area contributed by atoms with Gasteiger partial charge < -0.3 is 5.32 Å². The molecule has 1 rings (SSSR count). The van der Waals surface area contributed by atoms with Gasteiger partial charge in [-0.3, -0.25) is 0 Å². The van der Waals surface area contributed by atoms with Crippen LogP contribution in [0.1, 0.15) is 25.1 Å². The van der Waals surface area contributed by atoms with Crippen LogP contribution in [-0.2, 0) is 16.6 Å². The Morgan fingerprint density at radius 2 is 2.18 bits per heavy atom. The third kappa shape index (κ3) is 3.07. The molecule has 0 aliphatic rings. The number of hydrogen-bond donors (Lipinski definition) is 1. The molecule has 98 valence electrons. The van der Waals surface area contributed by atoms with Crippen molar-refractivity contribution in [1.82, 2.24) is 9.62 Å². The first-order valence-electron chi connectivity index (χ1n) is 5.64. The predicted molar refractivity (Wildman–Crippen MR) is 71.8 cm³/mol. The maximum atomic E-state index is 12.4. The normalized spacial score (nSPS) is 14.2. The van der Waals surface area contributed by atoms with E-state index in [2.05, 4.69) is 5.32 Å². The SMILES string of the molecule is CCC(C)N(C)S(=O)(=O)c1ccsc1CNC. The van der Waals surface area contributed by atoms with E-state index < -0.39 is 10.0 Å². The second-order valence-electron chi connectivity index (χ2n) is 4.02. The highest BCUT2D eigenvalue weighted by atomic mass is 32.2. The van der Waals surface area contributed by atoms with Crippen LogP contribution in [0.5, 0.6) is 0 Å². The van der Waals surface area contributed by atoms with Gasteiger partial charge in [0, 0.05) is 24.5 Å². The van der Waals surface area contributed by atoms with Crippen molar-refractivity contribution in [3.8, 4) is 0 Å². The third-order valence-corrected chi connectivity index (χ3v) is 6.02. The van der Waals surface area contributed by atoms with Crippen LogP contribution in [0.2, 0.25) is 0 Å². The molecule has 0 aliphatic carbocycles. The van der Waals surface area contributed by atoms with E-state index in [1.54, 1.807) is 13.1 Å². The highest BCUT2D eigenvalue weighted by Gasteiger charge is 2.27. The van der Waals surface area contributed by atoms with Crippen LogP contribution in [0, 0.1) is 0 Å². The van der Waals surface area contributed by atoms with Gasteiger partial charge in [0.2, 0.25) is 10.0 Å². The molecule has 0 bridgehead atoms. The molecule has 0 saturated carbocycles. The monoisotopic (exact) mass is 276 g/mol. The van der Waals surface area contributed by atoms with Crippen molar-refractivity contribution in [2.45, 2.75) is 37.8 Å². The maximum absolute atomic E-state index is 12.4. The molecule has 0 spiro atoms. The van der Waals surface area contributed by atoms with Gasteiger partial charge in [0.15, 0.2) is 0 Å². The van der Waals surface area contributed by atoms with E-state index in [9.17, 15) is 8.42 Å². The largest absolute Gasteiger partial charge is 0.315 e. The van der Waals surface area contributed by atoms with Gasteiger partial charge in [-0.1, -0.05) is 6.92 Å². The summed E-state index contributed by atoms with van der Waals surface area (Å²) in [6, 6.07) is 1.70. The van der Waals surface area contributed by atoms with Gasteiger partial charge in [-0.15, -0.1) is 11.3 Å². The van der Waals surface area contributed by atoms with Crippen molar-refractivity contribution < 1.29 is 8.42 Å². The lowest BCUT2D eigenvalue weighted by molar-refractivity contribution is 0.380. The summed E-state index contributed by atoms with van der Waals surface area (Å²) in [7, 11) is 0.101. The van der Waals surface area contributed by atoms with Crippen LogP contribution < -0.4 is 5.32 Å². The lowest BCUT2D eigenvalue weighted by atomic mass is 10.3. The number of sulfonamides is 1. The van der Waals surface area contributed by atoms with E-state index in [0.29, 0.717) is 11.4 Å². The molecule has 1 aromatic heterocycles. The zero-order valence-electron chi connectivity index (χ0n) is 10.7. The standard InChI is InChI=1S/C11H20N2O2S2/c1-5-9(2)13(4)17(14,15)11-6-7-16-10(11)8-12-3/h6-7,9,12H,5,8H2,1-4H3. The average molecular weight is 276 g/mol. The second kappa shape index (κ2) is 5.95. The minimum absolute atomic E-state index is 0.0161. The van der Waals surface area contributed by atoms with Gasteiger partial charge in [-0.05, 0) is 31.8 Å². The van der Waals surface area contributed by atoms with Crippen molar-refractivity contribution >= 4 is 21.4 Å². The molecule has 0 amide bonds. The van der Waals surface area contributed by atoms with Crippen molar-refractivity contribution in [2.75, 3.05) is 14.1 Å². The highest BCUT2D eigenvalue weighted by Crippen LogP contribution is 2.25. The Labute approximate surface area is 108 Å². The lowest BCUT2D eigenvalue weighted by Crippen LogP contribution is -2.35. The van der Waals surface area contributed by atoms with E-state index in [1.165, 1.54) is 15.6 Å². The fraction of sp³-hybridized carbons (Fsp3) is 0.636. The van der Waals surface area contributed by atoms with E-state index in [0.717, 1.165) is 11.3 Å². The Kier molecular flexibility index (Phi) is 5.12. The Hall–Kier alpha value is -0.430. The van der Waals surface area contributed by atoms with Crippen LogP contribution in [0.15, 0.2) is 16.3 Å². The number of hydrogen-bond acceptors (Lipinski definition) is 4. The van der Waals surface area contributed by atoms with Crippen LogP contribution >= 0.6 is 11.3 Å². The molecule has 1 N–H and O–H groups in total. The fourth-order valence-electron chi connectivity index (χ4n) is 1.50. The van der Waals surface area contributed by atoms with Crippen molar-refractivity contribution in [2.24, 2.45) is 0 Å². The maximum Gasteiger partial charge on any atom is 0.244 e. The quantitative estimate of drug-likeness (QED) is 0.863. The molecule has 1 aromatic rings. The molecule has 1 heterocycles. The van der Waals surface area contributed by atoms with Gasteiger partial charge in [0.1, 0.15) is 0 Å². The zero-order valence-corrected chi connectivity index (χ0v) is 12.4. The Morgan fingerprint density at radius 1 is 1.53 bits per heavy atom. The van der Waals surface area contributed by atoms with Crippen LogP contribution in [-0.4, -0.2) is 32.9 Å². The van der Waals surface area contributed by atoms with E-state index in [-0.39, 0.29) is 6.04 Å². The number of thiophene rings is 1. The lowest BCUT2D eigenvalue weighted by Gasteiger charge is -2.23. The molecule has 1 unspecified atom stereocenters. The Morgan fingerprint density at radius 3 is 2.71 bits per heavy atom. The highest BCUT2D eigenvalue weighted by molar-refractivity contribution is 7.89. The smallest absolute Gasteiger partial charge is 0.244 e. The Balaban J connectivity index is 3.08. The van der Waals surface area contributed by atoms with E-state index in [4.69, 9.17) is 0 Å². The first-order chi connectivity index (χ1) is 7.95. The fourth-order valence-corrected chi connectivity index (χ4v) is 4.36. The molecular formula is C11H20N2O2S2. The third-order valence-electron chi connectivity index (χ3n) is 2.91. The van der Waals surface area contributed by atoms with Crippen LogP contribution in [0.25, 0.3) is 0 Å². The zero-order chi connectivity index (χ0) is 13.1. The van der Waals surface area contributed by atoms with Crippen LogP contribution in [0.4, 0.5) is 0 Å². The minimum Gasteiger partial charge on any atom is -0.315 e. The number of rotatable bonds is 6. The van der Waals surface area contributed by atoms with Crippen molar-refractivity contribution in [3.05, 3.63) is 16.3 Å². The first kappa shape index (κ1) is 14.6. The molecule has 0 aliphatic heterocycles. The van der Waals surface area contributed by atoms with Gasteiger partial charge >= 0.3 is 0 Å². The number of nitrogens with zero attached hydrogens (tertiary/aromatic N) is 1. The minimum atomic E-state index is -3.36. The summed E-state index contributed by atoms with van der Waals surface area (Å²) in [5.41, 5.74) is 0. The summed E-state index contributed by atoms with van der Waals surface area (Å²) in [5.74, 6) is 0. The van der Waals surface area contributed by atoms with Crippen LogP contribution in [0.3, 0.4) is 0 Å². The van der Waals surface area contributed by atoms with E-state index >= 15 is 0 Å². The van der Waals surface area contributed by atoms with Gasteiger partial charge in [-0.2, -0.15) is 4.31 Å². The Bertz CT molecular complexity index is 454. The average Bonchev–Trinajstić information content (AvgIpc) is 2.76. The van der Waals surface area contributed by atoms with Gasteiger partial charge in [-0.25, -0.2) is 8.42 Å². The topological polar surface area (TPSA) is 49.4 Å². The molecule has 17 heavy (non-hydrogen) atoms. The predicted octanol–water partition coefficient (Wildman–Crippen LogP) is 1.89. The molecule has 0 radical (unpaired) electrons. The molecule has 0 saturated heterocycles. The summed E-state index contributed by atoms with van der Waals surface area (Å²) in [6.45, 7) is 4.49. The molecule has 4 nitrogen and oxygen atoms in total. The first-order valence-corrected chi connectivity index (χ1v) is 7.96.